The van der Waals surface area contributed by atoms with Crippen LogP contribution in [-0.2, 0) is 10.0 Å². The molecule has 2 aromatic rings. The number of sulfonamides is 1. The minimum Gasteiger partial charge on any atom is -0.363 e. The van der Waals surface area contributed by atoms with E-state index in [1.165, 1.54) is 12.5 Å². The second-order valence-electron chi connectivity index (χ2n) is 7.06. The molecule has 25 heavy (non-hydrogen) atoms. The molecule has 2 saturated heterocycles. The lowest BCUT2D eigenvalue weighted by Gasteiger charge is -2.22. The van der Waals surface area contributed by atoms with E-state index in [0.29, 0.717) is 30.8 Å². The first-order chi connectivity index (χ1) is 11.9. The first kappa shape index (κ1) is 16.5. The van der Waals surface area contributed by atoms with E-state index < -0.39 is 10.0 Å². The Morgan fingerprint density at radius 2 is 1.88 bits per heavy atom. The molecule has 2 aromatic heterocycles. The van der Waals surface area contributed by atoms with Gasteiger partial charge in [0.1, 0.15) is 23.3 Å². The van der Waals surface area contributed by atoms with Gasteiger partial charge in [-0.1, -0.05) is 19.0 Å². The summed E-state index contributed by atoms with van der Waals surface area (Å²) in [6.45, 7) is 6.90. The summed E-state index contributed by atoms with van der Waals surface area (Å²) in [6.07, 6.45) is 4.05. The zero-order valence-electron chi connectivity index (χ0n) is 14.2. The summed E-state index contributed by atoms with van der Waals surface area (Å²) in [5.74, 6) is 1.91. The van der Waals surface area contributed by atoms with Crippen molar-refractivity contribution in [2.24, 2.45) is 11.8 Å². The van der Waals surface area contributed by atoms with E-state index in [2.05, 4.69) is 38.4 Å². The molecule has 2 aliphatic rings. The van der Waals surface area contributed by atoms with Gasteiger partial charge in [-0.15, -0.1) is 0 Å². The van der Waals surface area contributed by atoms with Crippen LogP contribution in [0.4, 0.5) is 5.82 Å². The SMILES string of the molecule is CC(C)c1cc(N2CC3CN(S(=O)(=O)c4cnoc4)CC3C2)ncn1. The van der Waals surface area contributed by atoms with E-state index in [4.69, 9.17) is 0 Å². The molecule has 0 radical (unpaired) electrons. The van der Waals surface area contributed by atoms with Crippen LogP contribution in [0.5, 0.6) is 0 Å². The Morgan fingerprint density at radius 1 is 1.16 bits per heavy atom. The molecule has 4 rings (SSSR count). The number of anilines is 1. The normalized spacial score (nSPS) is 24.2. The van der Waals surface area contributed by atoms with Crippen LogP contribution in [0, 0.1) is 11.8 Å². The van der Waals surface area contributed by atoms with Gasteiger partial charge < -0.3 is 9.42 Å². The molecule has 134 valence electrons. The molecule has 2 atom stereocenters. The van der Waals surface area contributed by atoms with Crippen molar-refractivity contribution in [2.75, 3.05) is 31.1 Å². The van der Waals surface area contributed by atoms with Gasteiger partial charge in [-0.3, -0.25) is 0 Å². The summed E-state index contributed by atoms with van der Waals surface area (Å²) >= 11 is 0. The van der Waals surface area contributed by atoms with Crippen LogP contribution < -0.4 is 4.90 Å². The minimum absolute atomic E-state index is 0.127. The third-order valence-corrected chi connectivity index (χ3v) is 6.86. The van der Waals surface area contributed by atoms with E-state index in [1.807, 2.05) is 6.07 Å². The van der Waals surface area contributed by atoms with Crippen LogP contribution >= 0.6 is 0 Å². The highest BCUT2D eigenvalue weighted by atomic mass is 32.2. The Balaban J connectivity index is 1.47. The average molecular weight is 363 g/mol. The number of hydrogen-bond donors (Lipinski definition) is 0. The maximum absolute atomic E-state index is 12.6. The molecule has 0 bridgehead atoms. The zero-order chi connectivity index (χ0) is 17.6. The number of nitrogens with zero attached hydrogens (tertiary/aromatic N) is 5. The Bertz CT molecular complexity index is 838. The van der Waals surface area contributed by atoms with E-state index in [1.54, 1.807) is 10.6 Å². The number of fused-ring (bicyclic) bond motifs is 1. The number of hydrogen-bond acceptors (Lipinski definition) is 7. The molecule has 0 aromatic carbocycles. The Labute approximate surface area is 146 Å². The molecule has 2 aliphatic heterocycles. The lowest BCUT2D eigenvalue weighted by Crippen LogP contribution is -2.33. The third kappa shape index (κ3) is 2.91. The lowest BCUT2D eigenvalue weighted by molar-refractivity contribution is 0.415. The highest BCUT2D eigenvalue weighted by Crippen LogP contribution is 2.36. The van der Waals surface area contributed by atoms with Crippen molar-refractivity contribution in [1.29, 1.82) is 0 Å². The summed E-state index contributed by atoms with van der Waals surface area (Å²) in [5, 5.41) is 3.50. The highest BCUT2D eigenvalue weighted by Gasteiger charge is 2.45. The van der Waals surface area contributed by atoms with Crippen molar-refractivity contribution in [1.82, 2.24) is 19.4 Å². The fraction of sp³-hybridized carbons (Fsp3) is 0.562. The second-order valence-corrected chi connectivity index (χ2v) is 9.00. The zero-order valence-corrected chi connectivity index (χ0v) is 15.1. The monoisotopic (exact) mass is 363 g/mol. The molecule has 0 amide bonds. The third-order valence-electron chi connectivity index (χ3n) is 5.09. The summed E-state index contributed by atoms with van der Waals surface area (Å²) in [5.41, 5.74) is 1.03. The molecule has 9 heteroatoms. The van der Waals surface area contributed by atoms with Crippen LogP contribution in [0.25, 0.3) is 0 Å². The predicted molar refractivity (Wildman–Crippen MR) is 90.6 cm³/mol. The Morgan fingerprint density at radius 3 is 2.48 bits per heavy atom. The highest BCUT2D eigenvalue weighted by molar-refractivity contribution is 7.89. The summed E-state index contributed by atoms with van der Waals surface area (Å²) < 4.78 is 31.4. The van der Waals surface area contributed by atoms with Gasteiger partial charge in [0.25, 0.3) is 0 Å². The van der Waals surface area contributed by atoms with Gasteiger partial charge in [-0.05, 0) is 17.8 Å². The molecule has 4 heterocycles. The Kier molecular flexibility index (Phi) is 3.99. The van der Waals surface area contributed by atoms with Crippen molar-refractivity contribution in [3.8, 4) is 0 Å². The standard InChI is InChI=1S/C16H21N5O3S/c1-11(2)15-3-16(18-10-17-15)20-5-12-7-21(8-13(12)6-20)25(22,23)14-4-19-24-9-14/h3-4,9-13H,5-8H2,1-2H3. The van der Waals surface area contributed by atoms with Gasteiger partial charge in [0.05, 0.1) is 6.20 Å². The number of rotatable bonds is 4. The van der Waals surface area contributed by atoms with Crippen LogP contribution in [-0.4, -0.2) is 54.0 Å². The largest absolute Gasteiger partial charge is 0.363 e. The first-order valence-electron chi connectivity index (χ1n) is 8.41. The van der Waals surface area contributed by atoms with Crippen molar-refractivity contribution in [3.63, 3.8) is 0 Å². The van der Waals surface area contributed by atoms with Crippen LogP contribution in [0.1, 0.15) is 25.5 Å². The quantitative estimate of drug-likeness (QED) is 0.809. The van der Waals surface area contributed by atoms with Crippen molar-refractivity contribution >= 4 is 15.8 Å². The fourth-order valence-electron chi connectivity index (χ4n) is 3.66. The number of aromatic nitrogens is 3. The first-order valence-corrected chi connectivity index (χ1v) is 9.85. The molecule has 0 saturated carbocycles. The second kappa shape index (κ2) is 6.06. The molecular formula is C16H21N5O3S. The van der Waals surface area contributed by atoms with Gasteiger partial charge in [0.15, 0.2) is 0 Å². The summed E-state index contributed by atoms with van der Waals surface area (Å²) in [4.78, 5) is 11.1. The van der Waals surface area contributed by atoms with Crippen LogP contribution in [0.15, 0.2) is 34.3 Å². The summed E-state index contributed by atoms with van der Waals surface area (Å²) in [6, 6.07) is 2.04. The average Bonchev–Trinajstić information content (AvgIpc) is 3.30. The van der Waals surface area contributed by atoms with Gasteiger partial charge in [-0.25, -0.2) is 18.4 Å². The topological polar surface area (TPSA) is 92.4 Å². The maximum Gasteiger partial charge on any atom is 0.247 e. The van der Waals surface area contributed by atoms with Gasteiger partial charge in [-0.2, -0.15) is 4.31 Å². The van der Waals surface area contributed by atoms with Crippen molar-refractivity contribution < 1.29 is 12.9 Å². The van der Waals surface area contributed by atoms with Gasteiger partial charge in [0, 0.05) is 37.9 Å². The Hall–Kier alpha value is -2.00. The van der Waals surface area contributed by atoms with E-state index >= 15 is 0 Å². The van der Waals surface area contributed by atoms with Gasteiger partial charge in [0.2, 0.25) is 10.0 Å². The lowest BCUT2D eigenvalue weighted by atomic mass is 10.0. The van der Waals surface area contributed by atoms with E-state index in [-0.39, 0.29) is 4.90 Å². The maximum atomic E-state index is 12.6. The van der Waals surface area contributed by atoms with Crippen LogP contribution in [0.2, 0.25) is 0 Å². The molecule has 2 fully saturated rings. The van der Waals surface area contributed by atoms with Crippen molar-refractivity contribution in [3.05, 3.63) is 30.5 Å². The summed E-state index contributed by atoms with van der Waals surface area (Å²) in [7, 11) is -3.50. The molecule has 8 nitrogen and oxygen atoms in total. The molecule has 0 spiro atoms. The molecule has 0 N–H and O–H groups in total. The van der Waals surface area contributed by atoms with E-state index in [0.717, 1.165) is 24.6 Å². The molecule has 0 aliphatic carbocycles. The van der Waals surface area contributed by atoms with Crippen molar-refractivity contribution in [2.45, 2.75) is 24.7 Å². The van der Waals surface area contributed by atoms with E-state index in [9.17, 15) is 8.42 Å². The predicted octanol–water partition coefficient (Wildman–Crippen LogP) is 1.34. The molecular weight excluding hydrogens is 342 g/mol. The fourth-order valence-corrected chi connectivity index (χ4v) is 5.07. The minimum atomic E-state index is -3.50. The smallest absolute Gasteiger partial charge is 0.247 e. The molecule has 2 unspecified atom stereocenters. The van der Waals surface area contributed by atoms with Gasteiger partial charge >= 0.3 is 0 Å². The van der Waals surface area contributed by atoms with Crippen LogP contribution in [0.3, 0.4) is 0 Å².